The first-order valence-corrected chi connectivity index (χ1v) is 17.8. The lowest BCUT2D eigenvalue weighted by atomic mass is 9.99. The van der Waals surface area contributed by atoms with Crippen molar-refractivity contribution in [3.05, 3.63) is 107 Å². The molecule has 49 heavy (non-hydrogen) atoms. The number of amides is 2. The Hall–Kier alpha value is -4.66. The van der Waals surface area contributed by atoms with Gasteiger partial charge in [-0.05, 0) is 72.9 Å². The number of nitrogens with zero attached hydrogens (tertiary/aromatic N) is 2. The van der Waals surface area contributed by atoms with Gasteiger partial charge < -0.3 is 25.1 Å². The van der Waals surface area contributed by atoms with Gasteiger partial charge in [0.25, 0.3) is 11.8 Å². The summed E-state index contributed by atoms with van der Waals surface area (Å²) in [7, 11) is -3.48. The molecule has 14 heteroatoms. The molecule has 2 amide bonds. The average molecular weight is 698 g/mol. The monoisotopic (exact) mass is 697 g/mol. The van der Waals surface area contributed by atoms with Crippen molar-refractivity contribution in [3.63, 3.8) is 0 Å². The first-order valence-electron chi connectivity index (χ1n) is 15.9. The topological polar surface area (TPSA) is 154 Å². The number of anilines is 1. The lowest BCUT2D eigenvalue weighted by Crippen LogP contribution is -2.48. The van der Waals surface area contributed by atoms with Gasteiger partial charge in [0.1, 0.15) is 17.9 Å². The van der Waals surface area contributed by atoms with Gasteiger partial charge in [0, 0.05) is 54.6 Å². The summed E-state index contributed by atoms with van der Waals surface area (Å²) in [6.07, 6.45) is 3.99. The fourth-order valence-corrected chi connectivity index (χ4v) is 5.95. The van der Waals surface area contributed by atoms with Gasteiger partial charge in [-0.3, -0.25) is 14.3 Å². The molecule has 0 aliphatic carbocycles. The molecule has 2 unspecified atom stereocenters. The number of aliphatic hydroxyl groups excluding tert-OH is 1. The molecule has 1 heterocycles. The number of aliphatic hydroxyl groups is 1. The van der Waals surface area contributed by atoms with Crippen molar-refractivity contribution in [1.29, 1.82) is 0 Å². The number of halogens is 2. The molecule has 11 nitrogen and oxygen atoms in total. The summed E-state index contributed by atoms with van der Waals surface area (Å²) < 4.78 is 59.3. The van der Waals surface area contributed by atoms with E-state index in [9.17, 15) is 31.9 Å². The van der Waals surface area contributed by atoms with E-state index in [-0.39, 0.29) is 48.0 Å². The molecule has 0 aliphatic rings. The molecular weight excluding hydrogens is 656 g/mol. The van der Waals surface area contributed by atoms with E-state index in [0.717, 1.165) is 42.9 Å². The van der Waals surface area contributed by atoms with Gasteiger partial charge in [0.05, 0.1) is 24.6 Å². The number of hydrogen-bond donors (Lipinski definition) is 4. The molecule has 4 aromatic rings. The summed E-state index contributed by atoms with van der Waals surface area (Å²) in [5, 5.41) is 17.2. The van der Waals surface area contributed by atoms with Crippen molar-refractivity contribution in [3.8, 4) is 11.5 Å². The Morgan fingerprint density at radius 1 is 0.959 bits per heavy atom. The van der Waals surface area contributed by atoms with Crippen LogP contribution in [0.15, 0.2) is 77.5 Å². The molecule has 4 rings (SSSR count). The molecule has 0 radical (unpaired) electrons. The van der Waals surface area contributed by atoms with Crippen molar-refractivity contribution < 1.29 is 36.3 Å². The molecule has 0 fully saturated rings. The second-order valence-corrected chi connectivity index (χ2v) is 13.5. The quantitative estimate of drug-likeness (QED) is 0.123. The third-order valence-corrected chi connectivity index (χ3v) is 8.07. The zero-order valence-electron chi connectivity index (χ0n) is 27.6. The Kier molecular flexibility index (Phi) is 13.0. The van der Waals surface area contributed by atoms with Gasteiger partial charge in [-0.25, -0.2) is 22.2 Å². The van der Waals surface area contributed by atoms with Gasteiger partial charge >= 0.3 is 0 Å². The summed E-state index contributed by atoms with van der Waals surface area (Å²) in [5.41, 5.74) is 2.04. The first kappa shape index (κ1) is 37.2. The number of aromatic nitrogens is 1. The first-order chi connectivity index (χ1) is 23.3. The van der Waals surface area contributed by atoms with Crippen LogP contribution in [-0.4, -0.2) is 73.3 Å². The van der Waals surface area contributed by atoms with Crippen LogP contribution in [0.2, 0.25) is 0 Å². The van der Waals surface area contributed by atoms with Crippen molar-refractivity contribution >= 4 is 27.5 Å². The molecule has 0 bridgehead atoms. The van der Waals surface area contributed by atoms with Crippen LogP contribution in [0.3, 0.4) is 0 Å². The van der Waals surface area contributed by atoms with E-state index in [4.69, 9.17) is 4.42 Å². The fourth-order valence-electron chi connectivity index (χ4n) is 5.39. The fraction of sp³-hybridized carbons (Fsp3) is 0.343. The summed E-state index contributed by atoms with van der Waals surface area (Å²) in [6, 6.07) is 13.2. The van der Waals surface area contributed by atoms with Crippen LogP contribution in [-0.2, 0) is 23.0 Å². The van der Waals surface area contributed by atoms with Gasteiger partial charge in [-0.15, -0.1) is 0 Å². The van der Waals surface area contributed by atoms with Crippen molar-refractivity contribution in [2.24, 2.45) is 0 Å². The molecule has 0 saturated heterocycles. The zero-order valence-corrected chi connectivity index (χ0v) is 28.4. The number of benzene rings is 3. The van der Waals surface area contributed by atoms with E-state index in [0.29, 0.717) is 24.3 Å². The highest BCUT2D eigenvalue weighted by Crippen LogP contribution is 2.23. The van der Waals surface area contributed by atoms with Crippen molar-refractivity contribution in [2.75, 3.05) is 30.6 Å². The second kappa shape index (κ2) is 17.1. The predicted octanol–water partition coefficient (Wildman–Crippen LogP) is 4.75. The summed E-state index contributed by atoms with van der Waals surface area (Å²) in [6.45, 7) is 5.19. The van der Waals surface area contributed by atoms with Crippen molar-refractivity contribution in [1.82, 2.24) is 20.5 Å². The summed E-state index contributed by atoms with van der Waals surface area (Å²) >= 11 is 0. The number of hydrogen-bond acceptors (Lipinski definition) is 8. The molecule has 2 atom stereocenters. The highest BCUT2D eigenvalue weighted by atomic mass is 32.2. The van der Waals surface area contributed by atoms with Crippen LogP contribution in [0.1, 0.15) is 58.5 Å². The Morgan fingerprint density at radius 3 is 2.29 bits per heavy atom. The third-order valence-electron chi connectivity index (χ3n) is 7.47. The van der Waals surface area contributed by atoms with Crippen LogP contribution in [0.4, 0.5) is 14.5 Å². The minimum Gasteiger partial charge on any atom is -0.445 e. The summed E-state index contributed by atoms with van der Waals surface area (Å²) in [5.74, 6) is -2.31. The summed E-state index contributed by atoms with van der Waals surface area (Å²) in [4.78, 5) is 33.3. The molecule has 0 saturated carbocycles. The maximum Gasteiger partial charge on any atom is 0.253 e. The van der Waals surface area contributed by atoms with E-state index >= 15 is 0 Å². The highest BCUT2D eigenvalue weighted by Gasteiger charge is 2.25. The minimum absolute atomic E-state index is 0.0461. The van der Waals surface area contributed by atoms with Crippen LogP contribution in [0.25, 0.3) is 11.5 Å². The molecule has 262 valence electrons. The molecule has 4 N–H and O–H groups in total. The van der Waals surface area contributed by atoms with E-state index < -0.39 is 39.7 Å². The second-order valence-electron chi connectivity index (χ2n) is 11.8. The average Bonchev–Trinajstić information content (AvgIpc) is 3.58. The maximum atomic E-state index is 14.1. The zero-order chi connectivity index (χ0) is 35.6. The van der Waals surface area contributed by atoms with E-state index in [1.807, 2.05) is 13.8 Å². The molecule has 3 aromatic carbocycles. The van der Waals surface area contributed by atoms with E-state index in [1.54, 1.807) is 35.2 Å². The molecule has 0 spiro atoms. The van der Waals surface area contributed by atoms with Gasteiger partial charge in [-0.2, -0.15) is 0 Å². The lowest BCUT2D eigenvalue weighted by molar-refractivity contribution is 0.0755. The van der Waals surface area contributed by atoms with Crippen LogP contribution < -0.4 is 15.4 Å². The lowest BCUT2D eigenvalue weighted by Gasteiger charge is -2.25. The van der Waals surface area contributed by atoms with Crippen molar-refractivity contribution in [2.45, 2.75) is 51.8 Å². The smallest absolute Gasteiger partial charge is 0.253 e. The van der Waals surface area contributed by atoms with E-state index in [2.05, 4.69) is 20.3 Å². The SMILES string of the molecule is CCCN(CCC)C(=O)c1cc(C(=O)NC(Cc2cc(F)cc(F)c2)C(O)CNCc2cccc(NS(C)(=O)=O)c2)cc(-c2ncco2)c1. The van der Waals surface area contributed by atoms with Gasteiger partial charge in [0.15, 0.2) is 0 Å². The number of carbonyl (C=O) groups is 2. The molecule has 0 aliphatic heterocycles. The number of nitrogens with one attached hydrogen (secondary N) is 3. The van der Waals surface area contributed by atoms with Crippen LogP contribution in [0, 0.1) is 11.6 Å². The van der Waals surface area contributed by atoms with Gasteiger partial charge in [0.2, 0.25) is 15.9 Å². The Labute approximate surface area is 284 Å². The third kappa shape index (κ3) is 11.2. The normalized spacial score (nSPS) is 12.7. The largest absolute Gasteiger partial charge is 0.445 e. The standard InChI is InChI=1S/C35H41F2N5O6S/c1-4-10-42(11-5-2)35(45)27-18-25(17-26(19-27)34-39-9-12-48-34)33(44)40-31(16-24-13-28(36)20-29(37)14-24)32(43)22-38-21-23-7-6-8-30(15-23)41-49(3,46)47/h6-9,12-15,17-20,31-32,38,41,43H,4-5,10-11,16,21-22H2,1-3H3,(H,40,44). The number of sulfonamides is 1. The maximum absolute atomic E-state index is 14.1. The molecule has 1 aromatic heterocycles. The number of oxazole rings is 1. The van der Waals surface area contributed by atoms with E-state index in [1.165, 1.54) is 24.6 Å². The minimum atomic E-state index is -3.48. The Balaban J connectivity index is 1.59. The Morgan fingerprint density at radius 2 is 1.65 bits per heavy atom. The van der Waals surface area contributed by atoms with Crippen LogP contribution in [0.5, 0.6) is 0 Å². The molecular formula is C35H41F2N5O6S. The number of carbonyl (C=O) groups excluding carboxylic acids is 2. The highest BCUT2D eigenvalue weighted by molar-refractivity contribution is 7.92. The number of rotatable bonds is 17. The van der Waals surface area contributed by atoms with Gasteiger partial charge in [-0.1, -0.05) is 26.0 Å². The van der Waals surface area contributed by atoms with Crippen LogP contribution >= 0.6 is 0 Å². The Bertz CT molecular complexity index is 1810. The predicted molar refractivity (Wildman–Crippen MR) is 182 cm³/mol.